The molecule has 1 aromatic heterocycles. The van der Waals surface area contributed by atoms with E-state index < -0.39 is 0 Å². The van der Waals surface area contributed by atoms with Gasteiger partial charge >= 0.3 is 0 Å². The van der Waals surface area contributed by atoms with Gasteiger partial charge in [0, 0.05) is 14.9 Å². The summed E-state index contributed by atoms with van der Waals surface area (Å²) >= 11 is 5.43. The highest BCUT2D eigenvalue weighted by Crippen LogP contribution is 2.32. The zero-order chi connectivity index (χ0) is 10.1. The summed E-state index contributed by atoms with van der Waals surface area (Å²) < 4.78 is 1.41. The van der Waals surface area contributed by atoms with Gasteiger partial charge in [-0.2, -0.15) is 0 Å². The fourth-order valence-corrected chi connectivity index (χ4v) is 3.47. The summed E-state index contributed by atoms with van der Waals surface area (Å²) in [5.74, 6) is 0. The third kappa shape index (κ3) is 1.61. The summed E-state index contributed by atoms with van der Waals surface area (Å²) in [6.45, 7) is 4.42. The van der Waals surface area contributed by atoms with Crippen molar-refractivity contribution in [1.29, 1.82) is 0 Å². The number of hydrogen-bond acceptors (Lipinski definition) is 1. The number of benzene rings is 1. The average Bonchev–Trinajstić information content (AvgIpc) is 2.55. The number of hydrogen-bond donors (Lipinski definition) is 0. The van der Waals surface area contributed by atoms with E-state index in [9.17, 15) is 0 Å². The topological polar surface area (TPSA) is 0 Å². The number of thiophene rings is 1. The first-order chi connectivity index (χ1) is 6.76. The lowest BCUT2D eigenvalue weighted by molar-refractivity contribution is 1.15. The molecular formula is C12H13BrS. The molecule has 14 heavy (non-hydrogen) atoms. The average molecular weight is 269 g/mol. The van der Waals surface area contributed by atoms with Crippen molar-refractivity contribution < 1.29 is 0 Å². The van der Waals surface area contributed by atoms with E-state index in [-0.39, 0.29) is 0 Å². The molecule has 0 spiro atoms. The largest absolute Gasteiger partial charge is 0.139 e. The number of fused-ring (bicyclic) bond motifs is 1. The lowest BCUT2D eigenvalue weighted by atomic mass is 10.1. The molecule has 74 valence electrons. The second kappa shape index (κ2) is 4.03. The third-order valence-electron chi connectivity index (χ3n) is 2.63. The quantitative estimate of drug-likeness (QED) is 0.695. The van der Waals surface area contributed by atoms with Crippen LogP contribution in [0.1, 0.15) is 22.9 Å². The van der Waals surface area contributed by atoms with E-state index in [2.05, 4.69) is 48.0 Å². The maximum absolute atomic E-state index is 3.53. The fraction of sp³-hybridized carbons (Fsp3) is 0.333. The van der Waals surface area contributed by atoms with Crippen molar-refractivity contribution in [3.8, 4) is 0 Å². The van der Waals surface area contributed by atoms with Crippen LogP contribution < -0.4 is 0 Å². The molecular weight excluding hydrogens is 256 g/mol. The molecule has 1 aromatic carbocycles. The Morgan fingerprint density at radius 3 is 2.79 bits per heavy atom. The monoisotopic (exact) mass is 268 g/mol. The molecule has 0 amide bonds. The Morgan fingerprint density at radius 2 is 2.14 bits per heavy atom. The van der Waals surface area contributed by atoms with Crippen LogP contribution in [0.15, 0.2) is 18.2 Å². The minimum Gasteiger partial charge on any atom is -0.139 e. The minimum absolute atomic E-state index is 0.972. The molecule has 0 nitrogen and oxygen atoms in total. The summed E-state index contributed by atoms with van der Waals surface area (Å²) in [5.41, 5.74) is 2.87. The third-order valence-corrected chi connectivity index (χ3v) is 4.83. The normalized spacial score (nSPS) is 11.1. The van der Waals surface area contributed by atoms with Gasteiger partial charge in [0.2, 0.25) is 0 Å². The highest BCUT2D eigenvalue weighted by atomic mass is 79.9. The maximum Gasteiger partial charge on any atom is 0.0380 e. The number of aryl methyl sites for hydroxylation is 2. The van der Waals surface area contributed by atoms with Crippen LogP contribution in [0.2, 0.25) is 0 Å². The van der Waals surface area contributed by atoms with Crippen LogP contribution in [0.3, 0.4) is 0 Å². The van der Waals surface area contributed by atoms with E-state index in [1.807, 2.05) is 11.3 Å². The standard InChI is InChI=1S/C12H13BrS/c1-3-9-4-5-11-10(6-9)8(2)12(7-13)14-11/h4-6H,3,7H2,1-2H3. The Hall–Kier alpha value is -0.340. The lowest BCUT2D eigenvalue weighted by Gasteiger charge is -1.97. The van der Waals surface area contributed by atoms with Crippen molar-refractivity contribution in [2.24, 2.45) is 0 Å². The van der Waals surface area contributed by atoms with Crippen LogP contribution in [-0.2, 0) is 11.8 Å². The number of alkyl halides is 1. The highest BCUT2D eigenvalue weighted by molar-refractivity contribution is 9.08. The summed E-state index contributed by atoms with van der Waals surface area (Å²) in [7, 11) is 0. The Kier molecular flexibility index (Phi) is 2.93. The van der Waals surface area contributed by atoms with E-state index in [1.54, 1.807) is 0 Å². The van der Waals surface area contributed by atoms with Gasteiger partial charge in [-0.05, 0) is 35.9 Å². The molecule has 0 aliphatic rings. The highest BCUT2D eigenvalue weighted by Gasteiger charge is 2.07. The molecule has 0 bridgehead atoms. The van der Waals surface area contributed by atoms with E-state index in [1.165, 1.54) is 26.1 Å². The molecule has 0 aliphatic carbocycles. The summed E-state index contributed by atoms with van der Waals surface area (Å²) in [5, 5.41) is 2.41. The van der Waals surface area contributed by atoms with Crippen LogP contribution in [-0.4, -0.2) is 0 Å². The Bertz CT molecular complexity index is 457. The summed E-state index contributed by atoms with van der Waals surface area (Å²) in [4.78, 5) is 1.45. The molecule has 0 radical (unpaired) electrons. The van der Waals surface area contributed by atoms with Crippen LogP contribution in [0.25, 0.3) is 10.1 Å². The van der Waals surface area contributed by atoms with E-state index in [0.29, 0.717) is 0 Å². The van der Waals surface area contributed by atoms with Gasteiger partial charge in [-0.1, -0.05) is 35.0 Å². The van der Waals surface area contributed by atoms with Gasteiger partial charge in [0.05, 0.1) is 0 Å². The minimum atomic E-state index is 0.972. The molecule has 0 saturated carbocycles. The van der Waals surface area contributed by atoms with Gasteiger partial charge in [0.1, 0.15) is 0 Å². The molecule has 0 aliphatic heterocycles. The van der Waals surface area contributed by atoms with Gasteiger partial charge in [-0.3, -0.25) is 0 Å². The van der Waals surface area contributed by atoms with Gasteiger partial charge in [0.25, 0.3) is 0 Å². The van der Waals surface area contributed by atoms with Gasteiger partial charge in [-0.15, -0.1) is 11.3 Å². The van der Waals surface area contributed by atoms with Crippen LogP contribution in [0.5, 0.6) is 0 Å². The van der Waals surface area contributed by atoms with E-state index in [4.69, 9.17) is 0 Å². The summed E-state index contributed by atoms with van der Waals surface area (Å²) in [6, 6.07) is 6.81. The molecule has 0 unspecified atom stereocenters. The maximum atomic E-state index is 3.53. The van der Waals surface area contributed by atoms with Crippen molar-refractivity contribution in [3.63, 3.8) is 0 Å². The molecule has 1 heterocycles. The molecule has 2 aromatic rings. The predicted molar refractivity (Wildman–Crippen MR) is 68.6 cm³/mol. The van der Waals surface area contributed by atoms with Crippen LogP contribution in [0.4, 0.5) is 0 Å². The van der Waals surface area contributed by atoms with Crippen molar-refractivity contribution in [2.45, 2.75) is 25.6 Å². The van der Waals surface area contributed by atoms with Crippen molar-refractivity contribution >= 4 is 37.4 Å². The van der Waals surface area contributed by atoms with Crippen LogP contribution >= 0.6 is 27.3 Å². The Labute approximate surface area is 97.1 Å². The molecule has 2 rings (SSSR count). The first-order valence-electron chi connectivity index (χ1n) is 4.83. The first kappa shape index (κ1) is 10.2. The zero-order valence-corrected chi connectivity index (χ0v) is 10.8. The van der Waals surface area contributed by atoms with Crippen molar-refractivity contribution in [3.05, 3.63) is 34.2 Å². The molecule has 0 saturated heterocycles. The number of rotatable bonds is 2. The fourth-order valence-electron chi connectivity index (χ4n) is 1.67. The second-order valence-electron chi connectivity index (χ2n) is 3.47. The molecule has 0 N–H and O–H groups in total. The smallest absolute Gasteiger partial charge is 0.0380 e. The van der Waals surface area contributed by atoms with E-state index >= 15 is 0 Å². The van der Waals surface area contributed by atoms with Crippen molar-refractivity contribution in [1.82, 2.24) is 0 Å². The van der Waals surface area contributed by atoms with Crippen molar-refractivity contribution in [2.75, 3.05) is 0 Å². The molecule has 0 atom stereocenters. The Balaban J connectivity index is 2.68. The van der Waals surface area contributed by atoms with Gasteiger partial charge in [0.15, 0.2) is 0 Å². The lowest BCUT2D eigenvalue weighted by Crippen LogP contribution is -1.79. The first-order valence-corrected chi connectivity index (χ1v) is 6.77. The van der Waals surface area contributed by atoms with Gasteiger partial charge < -0.3 is 0 Å². The Morgan fingerprint density at radius 1 is 1.36 bits per heavy atom. The van der Waals surface area contributed by atoms with E-state index in [0.717, 1.165) is 11.8 Å². The summed E-state index contributed by atoms with van der Waals surface area (Å²) in [6.07, 6.45) is 1.12. The zero-order valence-electron chi connectivity index (χ0n) is 8.43. The predicted octanol–water partition coefficient (Wildman–Crippen LogP) is 4.67. The molecule has 0 fully saturated rings. The molecule has 2 heteroatoms. The second-order valence-corrected chi connectivity index (χ2v) is 5.17. The van der Waals surface area contributed by atoms with Gasteiger partial charge in [-0.25, -0.2) is 0 Å². The van der Waals surface area contributed by atoms with Crippen LogP contribution in [0, 0.1) is 6.92 Å². The number of halogens is 1. The SMILES string of the molecule is CCc1ccc2sc(CBr)c(C)c2c1.